The quantitative estimate of drug-likeness (QED) is 0.468. The van der Waals surface area contributed by atoms with Gasteiger partial charge in [-0.3, -0.25) is 4.79 Å². The minimum absolute atomic E-state index is 0.0258. The van der Waals surface area contributed by atoms with Crippen LogP contribution in [0.3, 0.4) is 0 Å². The van der Waals surface area contributed by atoms with Crippen LogP contribution in [0.5, 0.6) is 5.88 Å². The Hall–Kier alpha value is -1.87. The minimum Gasteiger partial charge on any atom is -0.470 e. The molecule has 0 spiro atoms. The van der Waals surface area contributed by atoms with Gasteiger partial charge in [0.15, 0.2) is 0 Å². The normalized spacial score (nSPS) is 15.2. The molecule has 1 fully saturated rings. The number of aromatic nitrogens is 2. The lowest BCUT2D eigenvalue weighted by Gasteiger charge is -2.35. The first-order chi connectivity index (χ1) is 8.96. The lowest BCUT2D eigenvalue weighted by atomic mass is 10.2. The number of carbonyl (C=O) groups is 1. The Labute approximate surface area is 114 Å². The summed E-state index contributed by atoms with van der Waals surface area (Å²) < 4.78 is 5.65. The smallest absolute Gasteiger partial charge is 0.217 e. The van der Waals surface area contributed by atoms with Crippen LogP contribution < -0.4 is 4.74 Å². The molecule has 1 amide bonds. The van der Waals surface area contributed by atoms with Gasteiger partial charge in [-0.1, -0.05) is 25.6 Å². The summed E-state index contributed by atoms with van der Waals surface area (Å²) in [6.45, 7) is 7.77. The molecule has 1 aliphatic heterocycles. The summed E-state index contributed by atoms with van der Waals surface area (Å²) in [5.74, 6) is 3.59. The predicted molar refractivity (Wildman–Crippen MR) is 74.3 cm³/mol. The fraction of sp³-hybridized carbons (Fsp3) is 0.462. The zero-order valence-electron chi connectivity index (χ0n) is 11.4. The van der Waals surface area contributed by atoms with Gasteiger partial charge >= 0.3 is 0 Å². The van der Waals surface area contributed by atoms with Crippen molar-refractivity contribution in [2.45, 2.75) is 25.7 Å². The van der Waals surface area contributed by atoms with Gasteiger partial charge < -0.3 is 9.64 Å². The van der Waals surface area contributed by atoms with Crippen LogP contribution in [0.1, 0.15) is 5.69 Å². The number of carbonyl (C=O) groups excluding carboxylic acids is 1. The van der Waals surface area contributed by atoms with E-state index >= 15 is 0 Å². The third kappa shape index (κ3) is 4.07. The molecule has 6 heteroatoms. The summed E-state index contributed by atoms with van der Waals surface area (Å²) in [7, 11) is -1.41. The lowest BCUT2D eigenvalue weighted by Crippen LogP contribution is -2.52. The van der Waals surface area contributed by atoms with Gasteiger partial charge in [0.2, 0.25) is 12.3 Å². The van der Waals surface area contributed by atoms with Crippen molar-refractivity contribution in [2.75, 3.05) is 13.1 Å². The van der Waals surface area contributed by atoms with Gasteiger partial charge in [-0.05, 0) is 0 Å². The average molecular weight is 275 g/mol. The highest BCUT2D eigenvalue weighted by atomic mass is 28.3. The van der Waals surface area contributed by atoms with Crippen molar-refractivity contribution < 1.29 is 9.53 Å². The van der Waals surface area contributed by atoms with Crippen molar-refractivity contribution in [3.8, 4) is 17.3 Å². The van der Waals surface area contributed by atoms with Gasteiger partial charge in [0.25, 0.3) is 0 Å². The number of likely N-dealkylation sites (tertiary alicyclic amines) is 1. The summed E-state index contributed by atoms with van der Waals surface area (Å²) in [5.41, 5.74) is 3.93. The molecule has 1 saturated heterocycles. The molecule has 1 aliphatic rings. The standard InChI is InChI=1S/C13H17N3O2Si/c1-19(2,3)5-4-11-6-13(15-9-14-11)18-12-7-16(8-12)10-17/h6,9-10,12H,7-8H2,1-3H3. The first-order valence-corrected chi connectivity index (χ1v) is 9.67. The van der Waals surface area contributed by atoms with E-state index in [0.717, 1.165) is 6.41 Å². The Morgan fingerprint density at radius 1 is 1.42 bits per heavy atom. The summed E-state index contributed by atoms with van der Waals surface area (Å²) >= 11 is 0. The molecule has 0 saturated carbocycles. The van der Waals surface area contributed by atoms with Crippen molar-refractivity contribution >= 4 is 14.5 Å². The summed E-state index contributed by atoms with van der Waals surface area (Å²) in [5, 5.41) is 0. The highest BCUT2D eigenvalue weighted by Crippen LogP contribution is 2.14. The molecule has 100 valence electrons. The SMILES string of the molecule is C[Si](C)(C)C#Cc1cc(OC2CN(C=O)C2)ncn1. The van der Waals surface area contributed by atoms with Crippen LogP contribution in [0, 0.1) is 11.5 Å². The molecule has 19 heavy (non-hydrogen) atoms. The molecule has 1 aromatic heterocycles. The average Bonchev–Trinajstić information content (AvgIpc) is 2.30. The molecule has 2 rings (SSSR count). The predicted octanol–water partition coefficient (Wildman–Crippen LogP) is 0.925. The molecule has 0 unspecified atom stereocenters. The third-order valence-corrected chi connectivity index (χ3v) is 3.40. The minimum atomic E-state index is -1.41. The molecule has 1 aromatic rings. The van der Waals surface area contributed by atoms with E-state index in [1.54, 1.807) is 11.0 Å². The van der Waals surface area contributed by atoms with E-state index in [-0.39, 0.29) is 6.10 Å². The fourth-order valence-corrected chi connectivity index (χ4v) is 2.03. The Balaban J connectivity index is 1.99. The molecular formula is C13H17N3O2Si. The van der Waals surface area contributed by atoms with Crippen molar-refractivity contribution in [2.24, 2.45) is 0 Å². The Bertz CT molecular complexity index is 525. The first-order valence-electron chi connectivity index (χ1n) is 6.17. The van der Waals surface area contributed by atoms with Gasteiger partial charge in [-0.2, -0.15) is 0 Å². The van der Waals surface area contributed by atoms with E-state index in [0.29, 0.717) is 24.7 Å². The summed E-state index contributed by atoms with van der Waals surface area (Å²) in [6, 6.07) is 1.75. The van der Waals surface area contributed by atoms with Crippen LogP contribution in [0.4, 0.5) is 0 Å². The van der Waals surface area contributed by atoms with Gasteiger partial charge in [-0.15, -0.1) is 5.54 Å². The highest BCUT2D eigenvalue weighted by Gasteiger charge is 2.27. The van der Waals surface area contributed by atoms with Crippen LogP contribution in [-0.2, 0) is 4.79 Å². The van der Waals surface area contributed by atoms with Crippen LogP contribution in [-0.4, -0.2) is 48.5 Å². The lowest BCUT2D eigenvalue weighted by molar-refractivity contribution is -0.126. The van der Waals surface area contributed by atoms with E-state index in [1.165, 1.54) is 6.33 Å². The third-order valence-electron chi connectivity index (χ3n) is 2.52. The van der Waals surface area contributed by atoms with Crippen molar-refractivity contribution in [3.05, 3.63) is 18.1 Å². The van der Waals surface area contributed by atoms with Gasteiger partial charge in [0.1, 0.15) is 26.2 Å². The molecule has 0 aliphatic carbocycles. The number of ether oxygens (including phenoxy) is 1. The first kappa shape index (κ1) is 13.6. The van der Waals surface area contributed by atoms with Crippen molar-refractivity contribution in [1.29, 1.82) is 0 Å². The monoisotopic (exact) mass is 275 g/mol. The van der Waals surface area contributed by atoms with Crippen LogP contribution in [0.2, 0.25) is 19.6 Å². The van der Waals surface area contributed by atoms with E-state index in [4.69, 9.17) is 4.74 Å². The van der Waals surface area contributed by atoms with E-state index < -0.39 is 8.07 Å². The molecule has 2 heterocycles. The number of rotatable bonds is 3. The second-order valence-corrected chi connectivity index (χ2v) is 10.3. The van der Waals surface area contributed by atoms with E-state index in [1.807, 2.05) is 0 Å². The maximum atomic E-state index is 10.4. The Kier molecular flexibility index (Phi) is 3.86. The van der Waals surface area contributed by atoms with Crippen LogP contribution in [0.15, 0.2) is 12.4 Å². The molecule has 5 nitrogen and oxygen atoms in total. The molecule has 0 aromatic carbocycles. The van der Waals surface area contributed by atoms with Crippen LogP contribution in [0.25, 0.3) is 0 Å². The highest BCUT2D eigenvalue weighted by molar-refractivity contribution is 6.83. The number of amides is 1. The second kappa shape index (κ2) is 5.41. The van der Waals surface area contributed by atoms with Crippen LogP contribution >= 0.6 is 0 Å². The topological polar surface area (TPSA) is 55.3 Å². The van der Waals surface area contributed by atoms with Gasteiger partial charge in [0, 0.05) is 6.07 Å². The summed E-state index contributed by atoms with van der Waals surface area (Å²) in [6.07, 6.45) is 2.31. The maximum absolute atomic E-state index is 10.4. The summed E-state index contributed by atoms with van der Waals surface area (Å²) in [4.78, 5) is 20.3. The molecule has 0 bridgehead atoms. The van der Waals surface area contributed by atoms with Crippen molar-refractivity contribution in [1.82, 2.24) is 14.9 Å². The number of nitrogens with zero attached hydrogens (tertiary/aromatic N) is 3. The molecule has 0 N–H and O–H groups in total. The Morgan fingerprint density at radius 2 is 2.16 bits per heavy atom. The fourth-order valence-electron chi connectivity index (χ4n) is 1.52. The Morgan fingerprint density at radius 3 is 2.79 bits per heavy atom. The largest absolute Gasteiger partial charge is 0.470 e. The van der Waals surface area contributed by atoms with Gasteiger partial charge in [0.05, 0.1) is 13.1 Å². The zero-order valence-corrected chi connectivity index (χ0v) is 12.4. The number of hydrogen-bond donors (Lipinski definition) is 0. The van der Waals surface area contributed by atoms with E-state index in [9.17, 15) is 4.79 Å². The number of hydrogen-bond acceptors (Lipinski definition) is 4. The molecular weight excluding hydrogens is 258 g/mol. The molecule has 0 atom stereocenters. The van der Waals surface area contributed by atoms with Crippen molar-refractivity contribution in [3.63, 3.8) is 0 Å². The van der Waals surface area contributed by atoms with E-state index in [2.05, 4.69) is 41.1 Å². The second-order valence-electron chi connectivity index (χ2n) is 5.54. The zero-order chi connectivity index (χ0) is 13.9. The molecule has 0 radical (unpaired) electrons. The maximum Gasteiger partial charge on any atom is 0.217 e. The van der Waals surface area contributed by atoms with Gasteiger partial charge in [-0.25, -0.2) is 9.97 Å².